The van der Waals surface area contributed by atoms with Gasteiger partial charge in [-0.15, -0.1) is 5.10 Å². The zero-order chi connectivity index (χ0) is 16.1. The Morgan fingerprint density at radius 2 is 2.13 bits per heavy atom. The largest absolute Gasteiger partial charge is 0.352 e. The van der Waals surface area contributed by atoms with E-state index in [-0.39, 0.29) is 0 Å². The maximum absolute atomic E-state index is 4.68. The Morgan fingerprint density at radius 1 is 1.26 bits per heavy atom. The number of anilines is 2. The fourth-order valence-electron chi connectivity index (χ4n) is 3.22. The quantitative estimate of drug-likeness (QED) is 0.915. The molecule has 5 nitrogen and oxygen atoms in total. The second kappa shape index (κ2) is 7.40. The van der Waals surface area contributed by atoms with E-state index in [9.17, 15) is 0 Å². The average molecular weight is 311 g/mol. The summed E-state index contributed by atoms with van der Waals surface area (Å²) in [6.07, 6.45) is 6.72. The molecule has 2 aromatic rings. The molecule has 2 heterocycles. The summed E-state index contributed by atoms with van der Waals surface area (Å²) in [5.74, 6) is 1.55. The van der Waals surface area contributed by atoms with E-state index in [2.05, 4.69) is 63.5 Å². The third kappa shape index (κ3) is 3.78. The Kier molecular flexibility index (Phi) is 5.05. The molecule has 0 aliphatic carbocycles. The number of nitrogens with one attached hydrogen (secondary N) is 1. The van der Waals surface area contributed by atoms with E-state index in [1.807, 2.05) is 0 Å². The van der Waals surface area contributed by atoms with Gasteiger partial charge in [0.05, 0.1) is 6.20 Å². The Bertz CT molecular complexity index is 643. The zero-order valence-electron chi connectivity index (χ0n) is 14.0. The number of aryl methyl sites for hydroxylation is 1. The molecule has 122 valence electrons. The number of hydrogen-bond acceptors (Lipinski definition) is 5. The average Bonchev–Trinajstić information content (AvgIpc) is 2.61. The fourth-order valence-corrected chi connectivity index (χ4v) is 3.22. The normalized spacial score (nSPS) is 18.0. The molecule has 1 fully saturated rings. The lowest BCUT2D eigenvalue weighted by Gasteiger charge is -2.35. The predicted molar refractivity (Wildman–Crippen MR) is 93.6 cm³/mol. The highest BCUT2D eigenvalue weighted by Gasteiger charge is 2.22. The van der Waals surface area contributed by atoms with Gasteiger partial charge in [-0.1, -0.05) is 31.2 Å². The van der Waals surface area contributed by atoms with Crippen molar-refractivity contribution in [2.24, 2.45) is 0 Å². The van der Waals surface area contributed by atoms with Gasteiger partial charge < -0.3 is 10.2 Å². The first-order valence-electron chi connectivity index (χ1n) is 8.52. The Balaban J connectivity index is 1.71. The Morgan fingerprint density at radius 3 is 2.96 bits per heavy atom. The summed E-state index contributed by atoms with van der Waals surface area (Å²) in [6, 6.07) is 8.92. The molecule has 1 atom stereocenters. The maximum Gasteiger partial charge on any atom is 0.244 e. The summed E-state index contributed by atoms with van der Waals surface area (Å²) in [7, 11) is 0. The molecular weight excluding hydrogens is 286 g/mol. The molecule has 0 spiro atoms. The molecule has 1 aliphatic rings. The van der Waals surface area contributed by atoms with Crippen LogP contribution >= 0.6 is 0 Å². The zero-order valence-corrected chi connectivity index (χ0v) is 14.0. The van der Waals surface area contributed by atoms with E-state index in [0.29, 0.717) is 12.0 Å². The second-order valence-corrected chi connectivity index (χ2v) is 6.17. The minimum atomic E-state index is 0.574. The number of aromatic nitrogens is 3. The fraction of sp³-hybridized carbons (Fsp3) is 0.500. The highest BCUT2D eigenvalue weighted by molar-refractivity contribution is 5.42. The van der Waals surface area contributed by atoms with Gasteiger partial charge in [-0.3, -0.25) is 0 Å². The van der Waals surface area contributed by atoms with Crippen molar-refractivity contribution < 1.29 is 0 Å². The van der Waals surface area contributed by atoms with Gasteiger partial charge in [-0.2, -0.15) is 10.1 Å². The molecule has 23 heavy (non-hydrogen) atoms. The van der Waals surface area contributed by atoms with Crippen LogP contribution in [-0.2, 0) is 6.54 Å². The van der Waals surface area contributed by atoms with Crippen LogP contribution in [0.3, 0.4) is 0 Å². The van der Waals surface area contributed by atoms with Gasteiger partial charge >= 0.3 is 0 Å². The van der Waals surface area contributed by atoms with Crippen molar-refractivity contribution in [1.82, 2.24) is 15.2 Å². The Labute approximate surface area is 138 Å². The summed E-state index contributed by atoms with van der Waals surface area (Å²) in [5.41, 5.74) is 2.53. The van der Waals surface area contributed by atoms with E-state index >= 15 is 0 Å². The number of nitrogens with zero attached hydrogens (tertiary/aromatic N) is 4. The van der Waals surface area contributed by atoms with E-state index in [1.165, 1.54) is 30.4 Å². The molecule has 0 bridgehead atoms. The lowest BCUT2D eigenvalue weighted by Crippen LogP contribution is -2.39. The highest BCUT2D eigenvalue weighted by atomic mass is 15.3. The van der Waals surface area contributed by atoms with Crippen molar-refractivity contribution in [3.8, 4) is 0 Å². The smallest absolute Gasteiger partial charge is 0.244 e. The topological polar surface area (TPSA) is 53.9 Å². The SMILES string of the molecule is CCC1CCCCN1c1cnnc(NCc2ccccc2C)n1. The van der Waals surface area contributed by atoms with Crippen molar-refractivity contribution in [3.05, 3.63) is 41.6 Å². The lowest BCUT2D eigenvalue weighted by atomic mass is 10.0. The molecule has 1 aromatic heterocycles. The monoisotopic (exact) mass is 311 g/mol. The van der Waals surface area contributed by atoms with Crippen LogP contribution in [0.15, 0.2) is 30.5 Å². The van der Waals surface area contributed by atoms with Crippen LogP contribution in [0, 0.1) is 6.92 Å². The van der Waals surface area contributed by atoms with Crippen LogP contribution in [0.5, 0.6) is 0 Å². The van der Waals surface area contributed by atoms with Crippen LogP contribution in [-0.4, -0.2) is 27.8 Å². The van der Waals surface area contributed by atoms with Crippen molar-refractivity contribution in [2.45, 2.75) is 52.1 Å². The summed E-state index contributed by atoms with van der Waals surface area (Å²) in [5, 5.41) is 11.6. The summed E-state index contributed by atoms with van der Waals surface area (Å²) < 4.78 is 0. The molecule has 0 amide bonds. The van der Waals surface area contributed by atoms with Crippen molar-refractivity contribution in [3.63, 3.8) is 0 Å². The van der Waals surface area contributed by atoms with Crippen LogP contribution < -0.4 is 10.2 Å². The number of piperidine rings is 1. The van der Waals surface area contributed by atoms with Gasteiger partial charge in [0.15, 0.2) is 5.82 Å². The van der Waals surface area contributed by atoms with Gasteiger partial charge in [0.1, 0.15) is 0 Å². The molecule has 1 unspecified atom stereocenters. The van der Waals surface area contributed by atoms with Crippen LogP contribution in [0.4, 0.5) is 11.8 Å². The van der Waals surface area contributed by atoms with Gasteiger partial charge in [-0.05, 0) is 43.7 Å². The summed E-state index contributed by atoms with van der Waals surface area (Å²) in [4.78, 5) is 7.07. The van der Waals surface area contributed by atoms with Crippen LogP contribution in [0.25, 0.3) is 0 Å². The first-order chi connectivity index (χ1) is 11.3. The molecular formula is C18H25N5. The van der Waals surface area contributed by atoms with Crippen LogP contribution in [0.2, 0.25) is 0 Å². The van der Waals surface area contributed by atoms with E-state index in [0.717, 1.165) is 25.3 Å². The van der Waals surface area contributed by atoms with Crippen molar-refractivity contribution in [1.29, 1.82) is 0 Å². The molecule has 3 rings (SSSR count). The third-order valence-corrected chi connectivity index (χ3v) is 4.64. The molecule has 0 radical (unpaired) electrons. The summed E-state index contributed by atoms with van der Waals surface area (Å²) >= 11 is 0. The standard InChI is InChI=1S/C18H25N5/c1-3-16-10-6-7-11-23(16)17-13-20-22-18(21-17)19-12-15-9-5-4-8-14(15)2/h4-5,8-9,13,16H,3,6-7,10-12H2,1-2H3,(H,19,21,22). The minimum Gasteiger partial charge on any atom is -0.352 e. The van der Waals surface area contributed by atoms with Gasteiger partial charge in [-0.25, -0.2) is 0 Å². The van der Waals surface area contributed by atoms with E-state index < -0.39 is 0 Å². The van der Waals surface area contributed by atoms with Crippen molar-refractivity contribution >= 4 is 11.8 Å². The lowest BCUT2D eigenvalue weighted by molar-refractivity contribution is 0.446. The maximum atomic E-state index is 4.68. The molecule has 1 N–H and O–H groups in total. The number of rotatable bonds is 5. The first kappa shape index (κ1) is 15.7. The van der Waals surface area contributed by atoms with Gasteiger partial charge in [0.25, 0.3) is 0 Å². The van der Waals surface area contributed by atoms with Crippen molar-refractivity contribution in [2.75, 3.05) is 16.8 Å². The number of benzene rings is 1. The van der Waals surface area contributed by atoms with Gasteiger partial charge in [0, 0.05) is 19.1 Å². The van der Waals surface area contributed by atoms with E-state index in [4.69, 9.17) is 0 Å². The molecule has 1 aromatic carbocycles. The molecule has 1 aliphatic heterocycles. The Hall–Kier alpha value is -2.17. The summed E-state index contributed by atoms with van der Waals surface area (Å²) in [6.45, 7) is 6.14. The highest BCUT2D eigenvalue weighted by Crippen LogP contribution is 2.24. The first-order valence-corrected chi connectivity index (χ1v) is 8.52. The van der Waals surface area contributed by atoms with E-state index in [1.54, 1.807) is 6.20 Å². The molecule has 5 heteroatoms. The predicted octanol–water partition coefficient (Wildman–Crippen LogP) is 3.56. The molecule has 0 saturated carbocycles. The number of hydrogen-bond donors (Lipinski definition) is 1. The van der Waals surface area contributed by atoms with Gasteiger partial charge in [0.2, 0.25) is 5.95 Å². The second-order valence-electron chi connectivity index (χ2n) is 6.17. The van der Waals surface area contributed by atoms with Crippen LogP contribution in [0.1, 0.15) is 43.7 Å². The third-order valence-electron chi connectivity index (χ3n) is 4.64. The minimum absolute atomic E-state index is 0.574. The molecule has 1 saturated heterocycles.